The molecule has 1 aromatic rings. The van der Waals surface area contributed by atoms with E-state index in [0.717, 1.165) is 5.03 Å². The Morgan fingerprint density at radius 3 is 3.07 bits per heavy atom. The molecule has 0 aromatic carbocycles. The average molecular weight is 231 g/mol. The van der Waals surface area contributed by atoms with Crippen molar-refractivity contribution in [3.63, 3.8) is 0 Å². The van der Waals surface area contributed by atoms with Gasteiger partial charge in [0, 0.05) is 11.9 Å². The van der Waals surface area contributed by atoms with Gasteiger partial charge < -0.3 is 9.84 Å². The van der Waals surface area contributed by atoms with E-state index in [0.29, 0.717) is 5.75 Å². The van der Waals surface area contributed by atoms with Crippen LogP contribution in [0.4, 0.5) is 4.79 Å². The van der Waals surface area contributed by atoms with Crippen LogP contribution >= 0.6 is 21.6 Å². The quantitative estimate of drug-likeness (QED) is 0.477. The number of rotatable bonds is 5. The van der Waals surface area contributed by atoms with E-state index in [4.69, 9.17) is 5.11 Å². The Kier molecular flexibility index (Phi) is 5.24. The van der Waals surface area contributed by atoms with Crippen molar-refractivity contribution >= 4 is 27.7 Å². The highest BCUT2D eigenvalue weighted by molar-refractivity contribution is 8.76. The molecule has 1 heterocycles. The summed E-state index contributed by atoms with van der Waals surface area (Å²) >= 11 is 0. The van der Waals surface area contributed by atoms with Crippen molar-refractivity contribution in [2.24, 2.45) is 0 Å². The number of carboxylic acid groups (broad SMARTS) is 1. The molecule has 0 unspecified atom stereocenters. The van der Waals surface area contributed by atoms with Gasteiger partial charge in [0.25, 0.3) is 0 Å². The maximum atomic E-state index is 9.98. The molecule has 0 amide bonds. The number of hydrogen-bond acceptors (Lipinski definition) is 5. The summed E-state index contributed by atoms with van der Waals surface area (Å²) < 4.78 is 4.34. The summed E-state index contributed by atoms with van der Waals surface area (Å²) in [6.45, 7) is 0.208. The summed E-state index contributed by atoms with van der Waals surface area (Å²) in [4.78, 5) is 14.1. The monoisotopic (exact) mass is 231 g/mol. The summed E-state index contributed by atoms with van der Waals surface area (Å²) in [5, 5.41) is 9.09. The predicted molar refractivity (Wildman–Crippen MR) is 56.5 cm³/mol. The molecule has 4 nitrogen and oxygen atoms in total. The first kappa shape index (κ1) is 11.2. The number of carbonyl (C=O) groups is 1. The van der Waals surface area contributed by atoms with E-state index in [2.05, 4.69) is 9.72 Å². The molecule has 14 heavy (non-hydrogen) atoms. The van der Waals surface area contributed by atoms with Crippen LogP contribution < -0.4 is 0 Å². The summed E-state index contributed by atoms with van der Waals surface area (Å²) in [5.41, 5.74) is 0. The van der Waals surface area contributed by atoms with E-state index in [1.165, 1.54) is 21.6 Å². The van der Waals surface area contributed by atoms with Crippen LogP contribution in [0.15, 0.2) is 29.4 Å². The first-order valence-corrected chi connectivity index (χ1v) is 6.17. The fourth-order valence-electron chi connectivity index (χ4n) is 0.661. The number of pyridine rings is 1. The predicted octanol–water partition coefficient (Wildman–Crippen LogP) is 2.52. The second-order valence-corrected chi connectivity index (χ2v) is 4.62. The minimum absolute atomic E-state index is 0.208. The molecule has 1 aromatic heterocycles. The highest BCUT2D eigenvalue weighted by Gasteiger charge is 1.97. The Balaban J connectivity index is 2.08. The lowest BCUT2D eigenvalue weighted by Crippen LogP contribution is -2.02. The molecule has 0 atom stereocenters. The zero-order valence-electron chi connectivity index (χ0n) is 7.25. The summed E-state index contributed by atoms with van der Waals surface area (Å²) in [5.74, 6) is 0.619. The van der Waals surface area contributed by atoms with Gasteiger partial charge in [-0.2, -0.15) is 0 Å². The molecule has 76 valence electrons. The van der Waals surface area contributed by atoms with Crippen molar-refractivity contribution in [3.8, 4) is 0 Å². The fourth-order valence-corrected chi connectivity index (χ4v) is 2.37. The van der Waals surface area contributed by atoms with Crippen LogP contribution in [0.5, 0.6) is 0 Å². The third-order valence-electron chi connectivity index (χ3n) is 1.17. The van der Waals surface area contributed by atoms with E-state index in [-0.39, 0.29) is 6.61 Å². The first-order valence-electron chi connectivity index (χ1n) is 3.85. The number of ether oxygens (including phenoxy) is 1. The first-order chi connectivity index (χ1) is 6.79. The van der Waals surface area contributed by atoms with Crippen LogP contribution in [-0.2, 0) is 4.74 Å². The van der Waals surface area contributed by atoms with Gasteiger partial charge in [-0.05, 0) is 22.9 Å². The lowest BCUT2D eigenvalue weighted by Gasteiger charge is -1.99. The van der Waals surface area contributed by atoms with Crippen LogP contribution in [0.25, 0.3) is 0 Å². The normalized spacial score (nSPS) is 9.71. The van der Waals surface area contributed by atoms with Gasteiger partial charge in [0.2, 0.25) is 0 Å². The Morgan fingerprint density at radius 2 is 2.43 bits per heavy atom. The molecule has 0 aliphatic carbocycles. The third kappa shape index (κ3) is 4.98. The van der Waals surface area contributed by atoms with Crippen molar-refractivity contribution in [1.29, 1.82) is 0 Å². The largest absolute Gasteiger partial charge is 0.505 e. The lowest BCUT2D eigenvalue weighted by atomic mass is 10.5. The van der Waals surface area contributed by atoms with Gasteiger partial charge in [0.05, 0.1) is 0 Å². The summed E-state index contributed by atoms with van der Waals surface area (Å²) in [6.07, 6.45) is 0.491. The molecule has 0 saturated carbocycles. The highest BCUT2D eigenvalue weighted by Crippen LogP contribution is 2.28. The SMILES string of the molecule is O=C(O)OCCSSc1ccccn1. The van der Waals surface area contributed by atoms with Crippen LogP contribution in [0.1, 0.15) is 0 Å². The van der Waals surface area contributed by atoms with Crippen molar-refractivity contribution in [2.45, 2.75) is 5.03 Å². The molecule has 0 fully saturated rings. The van der Waals surface area contributed by atoms with Gasteiger partial charge in [-0.3, -0.25) is 0 Å². The molecule has 0 saturated heterocycles. The highest BCUT2D eigenvalue weighted by atomic mass is 33.1. The maximum absolute atomic E-state index is 9.98. The Hall–Kier alpha value is -0.880. The van der Waals surface area contributed by atoms with E-state index >= 15 is 0 Å². The number of aromatic nitrogens is 1. The van der Waals surface area contributed by atoms with E-state index in [1.54, 1.807) is 6.20 Å². The molecular formula is C8H9NO3S2. The fraction of sp³-hybridized carbons (Fsp3) is 0.250. The third-order valence-corrected chi connectivity index (χ3v) is 3.40. The van der Waals surface area contributed by atoms with E-state index < -0.39 is 6.16 Å². The molecule has 0 aliphatic heterocycles. The lowest BCUT2D eigenvalue weighted by molar-refractivity contribution is 0.0975. The summed E-state index contributed by atoms with van der Waals surface area (Å²) in [6, 6.07) is 5.65. The minimum Gasteiger partial charge on any atom is -0.450 e. The second-order valence-electron chi connectivity index (χ2n) is 2.19. The van der Waals surface area contributed by atoms with Gasteiger partial charge in [-0.25, -0.2) is 9.78 Å². The van der Waals surface area contributed by atoms with Crippen molar-refractivity contribution < 1.29 is 14.6 Å². The number of nitrogens with zero attached hydrogens (tertiary/aromatic N) is 1. The zero-order valence-corrected chi connectivity index (χ0v) is 8.88. The van der Waals surface area contributed by atoms with Crippen molar-refractivity contribution in [2.75, 3.05) is 12.4 Å². The van der Waals surface area contributed by atoms with Gasteiger partial charge in [-0.1, -0.05) is 16.9 Å². The van der Waals surface area contributed by atoms with Crippen LogP contribution in [0.3, 0.4) is 0 Å². The van der Waals surface area contributed by atoms with Crippen LogP contribution in [0.2, 0.25) is 0 Å². The van der Waals surface area contributed by atoms with Crippen LogP contribution in [-0.4, -0.2) is 28.6 Å². The van der Waals surface area contributed by atoms with Gasteiger partial charge in [0.15, 0.2) is 0 Å². The smallest absolute Gasteiger partial charge is 0.450 e. The van der Waals surface area contributed by atoms with Gasteiger partial charge in [-0.15, -0.1) is 0 Å². The Labute approximate surface area is 89.5 Å². The van der Waals surface area contributed by atoms with Crippen molar-refractivity contribution in [1.82, 2.24) is 4.98 Å². The summed E-state index contributed by atoms with van der Waals surface area (Å²) in [7, 11) is 3.02. The van der Waals surface area contributed by atoms with Crippen molar-refractivity contribution in [3.05, 3.63) is 24.4 Å². The van der Waals surface area contributed by atoms with E-state index in [1.807, 2.05) is 18.2 Å². The van der Waals surface area contributed by atoms with E-state index in [9.17, 15) is 4.79 Å². The molecule has 1 N–H and O–H groups in total. The van der Waals surface area contributed by atoms with Gasteiger partial charge in [0.1, 0.15) is 11.6 Å². The molecule has 1 rings (SSSR count). The molecule has 0 aliphatic rings. The second kappa shape index (κ2) is 6.56. The Morgan fingerprint density at radius 1 is 1.57 bits per heavy atom. The molecular weight excluding hydrogens is 222 g/mol. The van der Waals surface area contributed by atoms with Crippen LogP contribution in [0, 0.1) is 0 Å². The molecule has 6 heteroatoms. The Bertz CT molecular complexity index is 281. The minimum atomic E-state index is -1.23. The molecule has 0 radical (unpaired) electrons. The maximum Gasteiger partial charge on any atom is 0.505 e. The van der Waals surface area contributed by atoms with Gasteiger partial charge >= 0.3 is 6.16 Å². The standard InChI is InChI=1S/C8H9NO3S2/c10-8(11)12-5-6-13-14-7-3-1-2-4-9-7/h1-4H,5-6H2,(H,10,11). The molecule has 0 spiro atoms. The average Bonchev–Trinajstić information content (AvgIpc) is 2.18. The molecule has 0 bridgehead atoms. The topological polar surface area (TPSA) is 59.4 Å². The zero-order chi connectivity index (χ0) is 10.2. The number of hydrogen-bond donors (Lipinski definition) is 1.